The van der Waals surface area contributed by atoms with Crippen molar-refractivity contribution in [2.75, 3.05) is 16.8 Å². The number of rotatable bonds is 6. The molecular formula is C31H24ClF3N2O5. The molecule has 0 radical (unpaired) electrons. The highest BCUT2D eigenvalue weighted by Gasteiger charge is 2.64. The molecule has 42 heavy (non-hydrogen) atoms. The first-order valence-electron chi connectivity index (χ1n) is 13.4. The van der Waals surface area contributed by atoms with E-state index in [1.54, 1.807) is 6.07 Å². The number of fused-ring (bicyclic) bond motifs is 5. The van der Waals surface area contributed by atoms with Crippen molar-refractivity contribution < 1.29 is 37.1 Å². The third kappa shape index (κ3) is 4.93. The Morgan fingerprint density at radius 2 is 1.67 bits per heavy atom. The lowest BCUT2D eigenvalue weighted by Crippen LogP contribution is -2.33. The molecule has 3 aromatic carbocycles. The molecule has 3 fully saturated rings. The first-order valence-corrected chi connectivity index (χ1v) is 13.8. The van der Waals surface area contributed by atoms with Gasteiger partial charge in [-0.1, -0.05) is 48.0 Å². The van der Waals surface area contributed by atoms with Crippen molar-refractivity contribution in [2.45, 2.75) is 24.9 Å². The number of benzene rings is 3. The number of alkyl halides is 3. The van der Waals surface area contributed by atoms with Crippen LogP contribution in [0.4, 0.5) is 24.5 Å². The number of imide groups is 1. The van der Waals surface area contributed by atoms with Crippen LogP contribution in [0.5, 0.6) is 0 Å². The predicted octanol–water partition coefficient (Wildman–Crippen LogP) is 6.08. The Morgan fingerprint density at radius 3 is 2.40 bits per heavy atom. The highest BCUT2D eigenvalue weighted by molar-refractivity contribution is 6.33. The summed E-state index contributed by atoms with van der Waals surface area (Å²) in [7, 11) is 0. The van der Waals surface area contributed by atoms with E-state index in [1.165, 1.54) is 23.8 Å². The van der Waals surface area contributed by atoms with Crippen molar-refractivity contribution in [3.63, 3.8) is 0 Å². The molecule has 0 aromatic heterocycles. The smallest absolute Gasteiger partial charge is 0.416 e. The topological polar surface area (TPSA) is 92.8 Å². The van der Waals surface area contributed by atoms with Gasteiger partial charge in [-0.05, 0) is 72.6 Å². The van der Waals surface area contributed by atoms with Crippen molar-refractivity contribution in [1.82, 2.24) is 0 Å². The summed E-state index contributed by atoms with van der Waals surface area (Å²) < 4.78 is 44.0. The Labute approximate surface area is 243 Å². The van der Waals surface area contributed by atoms with Crippen molar-refractivity contribution in [2.24, 2.45) is 23.7 Å². The van der Waals surface area contributed by atoms with E-state index in [-0.39, 0.29) is 57.4 Å². The van der Waals surface area contributed by atoms with E-state index in [0.29, 0.717) is 6.07 Å². The van der Waals surface area contributed by atoms with Crippen molar-refractivity contribution in [1.29, 1.82) is 0 Å². The molecule has 0 spiro atoms. The highest BCUT2D eigenvalue weighted by atomic mass is 35.5. The van der Waals surface area contributed by atoms with Gasteiger partial charge in [0.15, 0.2) is 6.61 Å². The van der Waals surface area contributed by atoms with Crippen molar-refractivity contribution >= 4 is 46.7 Å². The number of halogens is 4. The average Bonchev–Trinajstić information content (AvgIpc) is 3.64. The van der Waals surface area contributed by atoms with Gasteiger partial charge in [-0.2, -0.15) is 13.2 Å². The van der Waals surface area contributed by atoms with Gasteiger partial charge in [0.2, 0.25) is 11.8 Å². The summed E-state index contributed by atoms with van der Waals surface area (Å²) in [5, 5.41) is 2.08. The lowest BCUT2D eigenvalue weighted by molar-refractivity contribution is -0.137. The van der Waals surface area contributed by atoms with Crippen molar-refractivity contribution in [3.05, 3.63) is 94.5 Å². The molecule has 2 bridgehead atoms. The van der Waals surface area contributed by atoms with Gasteiger partial charge in [0.1, 0.15) is 0 Å². The molecule has 1 aliphatic heterocycles. The van der Waals surface area contributed by atoms with Gasteiger partial charge in [0.25, 0.3) is 5.91 Å². The van der Waals surface area contributed by atoms with Gasteiger partial charge in [-0.15, -0.1) is 0 Å². The van der Waals surface area contributed by atoms with Crippen LogP contribution in [0.15, 0.2) is 72.8 Å². The van der Waals surface area contributed by atoms with Gasteiger partial charge in [-0.3, -0.25) is 19.3 Å². The molecule has 6 rings (SSSR count). The zero-order valence-electron chi connectivity index (χ0n) is 21.9. The van der Waals surface area contributed by atoms with Crippen LogP contribution in [0, 0.1) is 23.7 Å². The van der Waals surface area contributed by atoms with E-state index in [1.807, 2.05) is 18.2 Å². The number of nitrogens with one attached hydrogen (secondary N) is 1. The molecule has 216 valence electrons. The molecule has 0 unspecified atom stereocenters. The molecule has 5 atom stereocenters. The van der Waals surface area contributed by atoms with Crippen LogP contribution in [0.1, 0.15) is 40.2 Å². The summed E-state index contributed by atoms with van der Waals surface area (Å²) in [6, 6.07) is 18.3. The Hall–Kier alpha value is -4.18. The SMILES string of the molecule is O=C(COC(=O)c1cccc(N2C(=O)[C@@H]3[C@@H]4C[C@@H]([C@H]3C2=O)[C@H](c2ccccc2)C4)c1)Nc1cc(C(F)(F)F)ccc1Cl. The highest BCUT2D eigenvalue weighted by Crippen LogP contribution is 2.61. The summed E-state index contributed by atoms with van der Waals surface area (Å²) in [5.74, 6) is -2.76. The van der Waals surface area contributed by atoms with Gasteiger partial charge in [0, 0.05) is 0 Å². The minimum Gasteiger partial charge on any atom is -0.452 e. The Balaban J connectivity index is 1.12. The molecule has 3 aromatic rings. The maximum absolute atomic E-state index is 13.6. The number of nitrogens with zero attached hydrogens (tertiary/aromatic N) is 1. The maximum atomic E-state index is 13.6. The molecule has 11 heteroatoms. The zero-order valence-corrected chi connectivity index (χ0v) is 22.7. The molecule has 1 saturated heterocycles. The van der Waals surface area contributed by atoms with E-state index in [0.717, 1.165) is 29.9 Å². The monoisotopic (exact) mass is 596 g/mol. The summed E-state index contributed by atoms with van der Waals surface area (Å²) in [6.45, 7) is -0.800. The molecule has 2 aliphatic carbocycles. The number of ether oxygens (including phenoxy) is 1. The fourth-order valence-corrected chi connectivity index (χ4v) is 6.93. The first kappa shape index (κ1) is 28.0. The summed E-state index contributed by atoms with van der Waals surface area (Å²) in [4.78, 5) is 53.3. The van der Waals surface area contributed by atoms with E-state index >= 15 is 0 Å². The molecular weight excluding hydrogens is 573 g/mol. The second-order valence-corrected chi connectivity index (χ2v) is 11.3. The Kier molecular flexibility index (Phi) is 7.04. The van der Waals surface area contributed by atoms with Crippen LogP contribution in [-0.4, -0.2) is 30.3 Å². The van der Waals surface area contributed by atoms with Crippen LogP contribution < -0.4 is 10.2 Å². The summed E-state index contributed by atoms with van der Waals surface area (Å²) >= 11 is 5.90. The molecule has 1 N–H and O–H groups in total. The Morgan fingerprint density at radius 1 is 0.929 bits per heavy atom. The quantitative estimate of drug-likeness (QED) is 0.275. The van der Waals surface area contributed by atoms with E-state index in [9.17, 15) is 32.3 Å². The van der Waals surface area contributed by atoms with E-state index < -0.39 is 36.1 Å². The third-order valence-electron chi connectivity index (χ3n) is 8.49. The molecule has 3 aliphatic rings. The van der Waals surface area contributed by atoms with Crippen LogP contribution in [0.25, 0.3) is 0 Å². The lowest BCUT2D eigenvalue weighted by Gasteiger charge is -2.28. The number of hydrogen-bond acceptors (Lipinski definition) is 5. The van der Waals surface area contributed by atoms with Crippen molar-refractivity contribution in [3.8, 4) is 0 Å². The number of amides is 3. The molecule has 1 heterocycles. The molecule has 7 nitrogen and oxygen atoms in total. The molecule has 3 amide bonds. The van der Waals surface area contributed by atoms with Crippen LogP contribution in [0.3, 0.4) is 0 Å². The lowest BCUT2D eigenvalue weighted by atomic mass is 9.73. The number of esters is 1. The average molecular weight is 597 g/mol. The third-order valence-corrected chi connectivity index (χ3v) is 8.82. The van der Waals surface area contributed by atoms with Crippen LogP contribution in [0.2, 0.25) is 5.02 Å². The van der Waals surface area contributed by atoms with Gasteiger partial charge in [-0.25, -0.2) is 4.79 Å². The predicted molar refractivity (Wildman–Crippen MR) is 147 cm³/mol. The van der Waals surface area contributed by atoms with Gasteiger partial charge < -0.3 is 10.1 Å². The second kappa shape index (κ2) is 10.6. The minimum atomic E-state index is -4.64. The second-order valence-electron chi connectivity index (χ2n) is 10.8. The maximum Gasteiger partial charge on any atom is 0.416 e. The number of carbonyl (C=O) groups is 4. The number of carbonyl (C=O) groups excluding carboxylic acids is 4. The van der Waals surface area contributed by atoms with Gasteiger partial charge >= 0.3 is 12.1 Å². The van der Waals surface area contributed by atoms with Gasteiger partial charge in [0.05, 0.1) is 39.4 Å². The van der Waals surface area contributed by atoms with E-state index in [2.05, 4.69) is 17.4 Å². The summed E-state index contributed by atoms with van der Waals surface area (Å²) in [6.07, 6.45) is -2.95. The fraction of sp³-hybridized carbons (Fsp3) is 0.290. The number of hydrogen-bond donors (Lipinski definition) is 1. The first-order chi connectivity index (χ1) is 20.0. The molecule has 2 saturated carbocycles. The normalized spacial score (nSPS) is 24.6. The largest absolute Gasteiger partial charge is 0.452 e. The zero-order chi connectivity index (χ0) is 29.8. The Bertz CT molecular complexity index is 1590. The van der Waals surface area contributed by atoms with Crippen LogP contribution >= 0.6 is 11.6 Å². The fourth-order valence-electron chi connectivity index (χ4n) is 6.77. The standard InChI is InChI=1S/C31H24ClF3N2O5/c32-23-10-9-19(31(33,34)35)14-24(23)36-25(38)15-42-30(41)17-7-4-8-20(11-17)37-28(39)26-18-12-21(16-5-2-1-3-6-16)22(13-18)27(26)29(37)40/h1-11,14,18,21-22,26-27H,12-13,15H2,(H,36,38)/t18-,21-,22+,26+,27+/m0/s1. The number of anilines is 2. The van der Waals surface area contributed by atoms with Crippen LogP contribution in [-0.2, 0) is 25.3 Å². The minimum absolute atomic E-state index is 0.000180. The summed E-state index contributed by atoms with van der Waals surface area (Å²) in [5.41, 5.74) is 0.125. The van der Waals surface area contributed by atoms with E-state index in [4.69, 9.17) is 16.3 Å².